The summed E-state index contributed by atoms with van der Waals surface area (Å²) >= 11 is 0. The quantitative estimate of drug-likeness (QED) is 0.0765. The molecule has 1 aliphatic heterocycles. The number of hydrogen-bond donors (Lipinski definition) is 5. The SMILES string of the molecule is Cc1cn([C@H]2C[C@H](OCOCCCCCCNC(=O)C(F)(F)F)[C@@H](COP(=O)(OP(=O)(O)OP(=O)(O)O)n3cncn3)O2)c(=O)[nH]c1=O. The van der Waals surface area contributed by atoms with Crippen LogP contribution in [-0.4, -0.2) is 89.6 Å². The van der Waals surface area contributed by atoms with Crippen molar-refractivity contribution in [3.63, 3.8) is 0 Å². The zero-order valence-corrected chi connectivity index (χ0v) is 27.5. The van der Waals surface area contributed by atoms with Gasteiger partial charge in [0.1, 0.15) is 31.8 Å². The first-order valence-electron chi connectivity index (χ1n) is 13.7. The molecule has 0 aliphatic carbocycles. The number of carbonyl (C=O) groups excluding carboxylic acids is 1. The molecule has 0 saturated carbocycles. The summed E-state index contributed by atoms with van der Waals surface area (Å²) < 4.78 is 105. The summed E-state index contributed by atoms with van der Waals surface area (Å²) in [5, 5.41) is 5.29. The van der Waals surface area contributed by atoms with E-state index in [4.69, 9.17) is 28.5 Å². The number of aromatic amines is 1. The van der Waals surface area contributed by atoms with Crippen LogP contribution < -0.4 is 16.6 Å². The van der Waals surface area contributed by atoms with Crippen LogP contribution in [-0.2, 0) is 45.8 Å². The molecule has 0 aromatic carbocycles. The maximum absolute atomic E-state index is 13.5. The molecule has 2 aromatic heterocycles. The molecule has 2 unspecified atom stereocenters. The number of hydrogen-bond acceptors (Lipinski definition) is 14. The summed E-state index contributed by atoms with van der Waals surface area (Å²) in [6, 6.07) is 0. The zero-order chi connectivity index (χ0) is 35.8. The van der Waals surface area contributed by atoms with Gasteiger partial charge >= 0.3 is 41.2 Å². The summed E-state index contributed by atoms with van der Waals surface area (Å²) in [6.07, 6.45) is -3.64. The molecule has 1 saturated heterocycles. The highest BCUT2D eigenvalue weighted by atomic mass is 31.3. The molecule has 5 N–H and O–H groups in total. The highest BCUT2D eigenvalue weighted by Gasteiger charge is 2.46. The van der Waals surface area contributed by atoms with E-state index in [9.17, 15) is 46.1 Å². The fraction of sp³-hybridized carbons (Fsp3) is 0.667. The Kier molecular flexibility index (Phi) is 14.0. The third-order valence-corrected chi connectivity index (χ3v) is 10.7. The number of aryl methyl sites for hydroxylation is 1. The highest BCUT2D eigenvalue weighted by molar-refractivity contribution is 7.67. The fourth-order valence-corrected chi connectivity index (χ4v) is 7.88. The number of alkyl halides is 3. The molecule has 0 bridgehead atoms. The Morgan fingerprint density at radius 1 is 1.15 bits per heavy atom. The maximum atomic E-state index is 13.5. The van der Waals surface area contributed by atoms with Gasteiger partial charge in [0.25, 0.3) is 5.56 Å². The minimum absolute atomic E-state index is 0.0687. The van der Waals surface area contributed by atoms with Crippen LogP contribution in [0.5, 0.6) is 0 Å². The number of ether oxygens (including phenoxy) is 3. The molecule has 5 atom stereocenters. The van der Waals surface area contributed by atoms with Crippen LogP contribution in [0.15, 0.2) is 28.4 Å². The van der Waals surface area contributed by atoms with Crippen molar-refractivity contribution >= 4 is 29.3 Å². The van der Waals surface area contributed by atoms with E-state index in [1.165, 1.54) is 13.1 Å². The monoisotopic (exact) mass is 758 g/mol. The number of rotatable bonds is 19. The van der Waals surface area contributed by atoms with Gasteiger partial charge < -0.3 is 34.2 Å². The first-order chi connectivity index (χ1) is 22.3. The number of halogens is 3. The molecule has 272 valence electrons. The minimum atomic E-state index is -5.75. The summed E-state index contributed by atoms with van der Waals surface area (Å²) in [5.41, 5.74) is -1.31. The molecule has 1 amide bonds. The molecule has 27 heteroatoms. The molecule has 3 heterocycles. The Balaban J connectivity index is 1.62. The van der Waals surface area contributed by atoms with Crippen LogP contribution in [0.4, 0.5) is 13.2 Å². The molecule has 1 aliphatic rings. The molecule has 0 radical (unpaired) electrons. The van der Waals surface area contributed by atoms with E-state index in [-0.39, 0.29) is 31.9 Å². The second-order valence-electron chi connectivity index (χ2n) is 9.95. The molecule has 48 heavy (non-hydrogen) atoms. The molecule has 1 fully saturated rings. The van der Waals surface area contributed by atoms with E-state index in [0.29, 0.717) is 30.1 Å². The van der Waals surface area contributed by atoms with Crippen LogP contribution in [0.1, 0.15) is 43.9 Å². The number of phosphoric acid groups is 2. The summed E-state index contributed by atoms with van der Waals surface area (Å²) in [4.78, 5) is 68.4. The molecular weight excluding hydrogens is 726 g/mol. The van der Waals surface area contributed by atoms with Gasteiger partial charge in [0, 0.05) is 31.3 Å². The average Bonchev–Trinajstić information content (AvgIpc) is 3.64. The van der Waals surface area contributed by atoms with Crippen molar-refractivity contribution < 1.29 is 73.7 Å². The molecule has 2 aromatic rings. The summed E-state index contributed by atoms with van der Waals surface area (Å²) in [6.45, 7) is 0.331. The maximum Gasteiger partial charge on any atom is 0.489 e. The number of carbonyl (C=O) groups is 1. The van der Waals surface area contributed by atoms with Gasteiger partial charge in [-0.1, -0.05) is 12.8 Å². The van der Waals surface area contributed by atoms with Crippen molar-refractivity contribution in [3.05, 3.63) is 45.3 Å². The van der Waals surface area contributed by atoms with Gasteiger partial charge in [-0.05, 0) is 19.8 Å². The number of nitrogens with one attached hydrogen (secondary N) is 2. The average molecular weight is 758 g/mol. The Morgan fingerprint density at radius 3 is 2.50 bits per heavy atom. The predicted molar refractivity (Wildman–Crippen MR) is 151 cm³/mol. The third-order valence-electron chi connectivity index (χ3n) is 6.24. The highest BCUT2D eigenvalue weighted by Crippen LogP contribution is 2.68. The van der Waals surface area contributed by atoms with Crippen LogP contribution in [0.2, 0.25) is 0 Å². The van der Waals surface area contributed by atoms with Gasteiger partial charge in [0.2, 0.25) is 0 Å². The van der Waals surface area contributed by atoms with Crippen LogP contribution in [0.25, 0.3) is 0 Å². The Morgan fingerprint density at radius 2 is 1.85 bits per heavy atom. The van der Waals surface area contributed by atoms with E-state index in [1.54, 1.807) is 5.32 Å². The largest absolute Gasteiger partial charge is 0.489 e. The van der Waals surface area contributed by atoms with Crippen LogP contribution in [0, 0.1) is 6.92 Å². The lowest BCUT2D eigenvalue weighted by molar-refractivity contribution is -0.173. The van der Waals surface area contributed by atoms with E-state index >= 15 is 0 Å². The van der Waals surface area contributed by atoms with Gasteiger partial charge in [-0.25, -0.2) is 23.5 Å². The second-order valence-corrected chi connectivity index (χ2v) is 14.8. The Bertz CT molecular complexity index is 1630. The lowest BCUT2D eigenvalue weighted by Gasteiger charge is -2.23. The minimum Gasteiger partial charge on any atom is -0.355 e. The number of amides is 1. The Hall–Kier alpha value is -2.59. The van der Waals surface area contributed by atoms with Gasteiger partial charge in [0.05, 0.1) is 12.7 Å². The van der Waals surface area contributed by atoms with E-state index < -0.39 is 71.8 Å². The first-order valence-corrected chi connectivity index (χ1v) is 18.2. The van der Waals surface area contributed by atoms with Crippen molar-refractivity contribution in [2.24, 2.45) is 0 Å². The van der Waals surface area contributed by atoms with E-state index in [2.05, 4.69) is 23.7 Å². The second kappa shape index (κ2) is 16.9. The van der Waals surface area contributed by atoms with Crippen molar-refractivity contribution in [2.45, 2.75) is 63.6 Å². The van der Waals surface area contributed by atoms with E-state index in [1.807, 2.05) is 0 Å². The fourth-order valence-electron chi connectivity index (χ4n) is 4.07. The summed E-state index contributed by atoms with van der Waals surface area (Å²) in [5.74, 6) is -2.01. The topological polar surface area (TPSA) is 282 Å². The standard InChI is InChI=1S/C21H32F3N6O15P3/c1-14-9-29(20(33)28-18(14)31)17-8-15(41-13-40-7-5-3-2-4-6-26-19(32)21(22,23)24)16(43-17)10-42-46(34,30-12-25-11-27-30)44-48(38,39)45-47(35,36)37/h9,11-12,15-17H,2-8,10,13H2,1H3,(H,26,32)(H,38,39)(H,28,31,33)(H2,35,36,37)/t15-,16+,17+,46?/m0/s1. The van der Waals surface area contributed by atoms with Gasteiger partial charge in [-0.15, -0.1) is 5.10 Å². The van der Waals surface area contributed by atoms with Gasteiger partial charge in [0.15, 0.2) is 0 Å². The summed E-state index contributed by atoms with van der Waals surface area (Å²) in [7, 11) is -16.5. The zero-order valence-electron chi connectivity index (χ0n) is 24.8. The molecule has 21 nitrogen and oxygen atoms in total. The smallest absolute Gasteiger partial charge is 0.355 e. The van der Waals surface area contributed by atoms with Crippen molar-refractivity contribution in [1.29, 1.82) is 0 Å². The molecule has 0 spiro atoms. The van der Waals surface area contributed by atoms with E-state index in [0.717, 1.165) is 17.2 Å². The number of aromatic nitrogens is 5. The number of H-pyrrole nitrogens is 1. The normalized spacial score (nSPS) is 21.1. The first kappa shape index (κ1) is 39.8. The number of nitrogens with zero attached hydrogens (tertiary/aromatic N) is 4. The van der Waals surface area contributed by atoms with Gasteiger partial charge in [-0.3, -0.25) is 23.7 Å². The third kappa shape index (κ3) is 12.4. The Labute approximate surface area is 268 Å². The van der Waals surface area contributed by atoms with Crippen molar-refractivity contribution in [2.75, 3.05) is 26.6 Å². The molecular formula is C21H32F3N6O15P3. The van der Waals surface area contributed by atoms with Crippen LogP contribution in [0.3, 0.4) is 0 Å². The lowest BCUT2D eigenvalue weighted by atomic mass is 10.2. The van der Waals surface area contributed by atoms with Crippen LogP contribution >= 0.6 is 23.4 Å². The van der Waals surface area contributed by atoms with Gasteiger partial charge in [-0.2, -0.15) is 26.2 Å². The lowest BCUT2D eigenvalue weighted by Crippen LogP contribution is -2.37. The van der Waals surface area contributed by atoms with Crippen molar-refractivity contribution in [3.8, 4) is 0 Å². The number of unbranched alkanes of at least 4 members (excludes halogenated alkanes) is 3. The molecule has 3 rings (SSSR count). The predicted octanol–water partition coefficient (Wildman–Crippen LogP) is 1.22. The van der Waals surface area contributed by atoms with Crippen molar-refractivity contribution in [1.82, 2.24) is 29.4 Å².